The van der Waals surface area contributed by atoms with Crippen LogP contribution in [0.3, 0.4) is 0 Å². The predicted octanol–water partition coefficient (Wildman–Crippen LogP) is 2.21. The summed E-state index contributed by atoms with van der Waals surface area (Å²) < 4.78 is 18.8. The molecule has 1 saturated heterocycles. The number of hydrogen-bond donors (Lipinski definition) is 1. The molecule has 0 unspecified atom stereocenters. The zero-order valence-electron chi connectivity index (χ0n) is 17.8. The molecule has 2 amide bonds. The molecule has 0 aromatic heterocycles. The minimum Gasteiger partial charge on any atom is -0.494 e. The van der Waals surface area contributed by atoms with Crippen molar-refractivity contribution < 1.29 is 23.6 Å². The first-order chi connectivity index (χ1) is 15.4. The van der Waals surface area contributed by atoms with E-state index in [2.05, 4.69) is 10.2 Å². The Balaban J connectivity index is 1.39. The van der Waals surface area contributed by atoms with Gasteiger partial charge in [-0.2, -0.15) is 0 Å². The normalized spacial score (nSPS) is 14.1. The highest BCUT2D eigenvalue weighted by atomic mass is 19.1. The minimum atomic E-state index is -0.532. The van der Waals surface area contributed by atoms with E-state index in [1.54, 1.807) is 11.0 Å². The Morgan fingerprint density at radius 1 is 1.12 bits per heavy atom. The number of methoxy groups -OCH3 is 1. The third kappa shape index (κ3) is 6.01. The van der Waals surface area contributed by atoms with Gasteiger partial charge in [0.25, 0.3) is 11.6 Å². The number of carbonyl (C=O) groups is 2. The number of nitro benzene ring substituents is 1. The second kappa shape index (κ2) is 10.7. The first kappa shape index (κ1) is 23.1. The van der Waals surface area contributed by atoms with Crippen molar-refractivity contribution >= 4 is 17.5 Å². The molecule has 2 aromatic carbocycles. The van der Waals surface area contributed by atoms with E-state index < -0.39 is 10.7 Å². The smallest absolute Gasteiger partial charge is 0.269 e. The zero-order chi connectivity index (χ0) is 23.1. The number of non-ortho nitro benzene ring substituents is 1. The number of nitrogens with one attached hydrogen (secondary N) is 1. The molecule has 10 heteroatoms. The highest BCUT2D eigenvalue weighted by Crippen LogP contribution is 2.19. The van der Waals surface area contributed by atoms with E-state index in [-0.39, 0.29) is 36.2 Å². The van der Waals surface area contributed by atoms with Crippen LogP contribution in [0.1, 0.15) is 22.3 Å². The van der Waals surface area contributed by atoms with Gasteiger partial charge in [0.2, 0.25) is 5.91 Å². The fraction of sp³-hybridized carbons (Fsp3) is 0.364. The monoisotopic (exact) mass is 444 g/mol. The van der Waals surface area contributed by atoms with Crippen molar-refractivity contribution in [3.05, 3.63) is 69.5 Å². The third-order valence-corrected chi connectivity index (χ3v) is 5.31. The topological polar surface area (TPSA) is 105 Å². The summed E-state index contributed by atoms with van der Waals surface area (Å²) in [6.45, 7) is 3.25. The lowest BCUT2D eigenvalue weighted by atomic mass is 10.1. The van der Waals surface area contributed by atoms with Crippen molar-refractivity contribution in [1.82, 2.24) is 15.1 Å². The highest BCUT2D eigenvalue weighted by Gasteiger charge is 2.21. The first-order valence-electron chi connectivity index (χ1n) is 10.2. The van der Waals surface area contributed by atoms with Gasteiger partial charge in [0.1, 0.15) is 0 Å². The van der Waals surface area contributed by atoms with Gasteiger partial charge in [-0.1, -0.05) is 6.07 Å². The number of benzene rings is 2. The summed E-state index contributed by atoms with van der Waals surface area (Å²) >= 11 is 0. The fourth-order valence-electron chi connectivity index (χ4n) is 3.50. The Kier molecular flexibility index (Phi) is 7.72. The van der Waals surface area contributed by atoms with Gasteiger partial charge in [-0.15, -0.1) is 0 Å². The standard InChI is InChI=1S/C22H25FN4O5/c1-32-20-7-2-16(14-19(20)23)15-25-10-12-26(13-11-25)21(28)8-9-24-22(29)17-3-5-18(6-4-17)27(30)31/h2-7,14H,8-13,15H2,1H3,(H,24,29). The van der Waals surface area contributed by atoms with Crippen molar-refractivity contribution in [2.45, 2.75) is 13.0 Å². The summed E-state index contributed by atoms with van der Waals surface area (Å²) in [4.78, 5) is 38.6. The molecule has 0 spiro atoms. The van der Waals surface area contributed by atoms with Gasteiger partial charge in [-0.3, -0.25) is 24.6 Å². The number of ether oxygens (including phenoxy) is 1. The molecule has 1 fully saturated rings. The molecule has 32 heavy (non-hydrogen) atoms. The van der Waals surface area contributed by atoms with Crippen LogP contribution in [0.5, 0.6) is 5.75 Å². The number of nitro groups is 1. The summed E-state index contributed by atoms with van der Waals surface area (Å²) in [5.74, 6) is -0.618. The molecule has 1 N–H and O–H groups in total. The number of piperazine rings is 1. The van der Waals surface area contributed by atoms with Gasteiger partial charge in [0, 0.05) is 63.4 Å². The maximum Gasteiger partial charge on any atom is 0.269 e. The Hall–Kier alpha value is -3.53. The summed E-state index contributed by atoms with van der Waals surface area (Å²) in [6, 6.07) is 10.2. The number of carbonyl (C=O) groups excluding carboxylic acids is 2. The summed E-state index contributed by atoms with van der Waals surface area (Å²) in [5.41, 5.74) is 1.05. The number of amides is 2. The molecule has 9 nitrogen and oxygen atoms in total. The van der Waals surface area contributed by atoms with E-state index in [1.807, 2.05) is 6.07 Å². The molecule has 0 bridgehead atoms. The summed E-state index contributed by atoms with van der Waals surface area (Å²) in [6.07, 6.45) is 0.169. The van der Waals surface area contributed by atoms with E-state index >= 15 is 0 Å². The van der Waals surface area contributed by atoms with Gasteiger partial charge >= 0.3 is 0 Å². The molecule has 3 rings (SSSR count). The Bertz CT molecular complexity index is 975. The van der Waals surface area contributed by atoms with Gasteiger partial charge in [-0.25, -0.2) is 4.39 Å². The van der Waals surface area contributed by atoms with E-state index in [0.717, 1.165) is 5.56 Å². The fourth-order valence-corrected chi connectivity index (χ4v) is 3.50. The van der Waals surface area contributed by atoms with Crippen LogP contribution in [-0.4, -0.2) is 66.4 Å². The quantitative estimate of drug-likeness (QED) is 0.494. The van der Waals surface area contributed by atoms with E-state index in [0.29, 0.717) is 38.3 Å². The van der Waals surface area contributed by atoms with Gasteiger partial charge in [0.05, 0.1) is 12.0 Å². The maximum absolute atomic E-state index is 13.9. The number of rotatable bonds is 8. The van der Waals surface area contributed by atoms with Crippen LogP contribution >= 0.6 is 0 Å². The van der Waals surface area contributed by atoms with E-state index in [9.17, 15) is 24.1 Å². The van der Waals surface area contributed by atoms with Crippen LogP contribution in [0.4, 0.5) is 10.1 Å². The van der Waals surface area contributed by atoms with E-state index in [4.69, 9.17) is 4.74 Å². The van der Waals surface area contributed by atoms with Crippen LogP contribution < -0.4 is 10.1 Å². The molecule has 0 radical (unpaired) electrons. The lowest BCUT2D eigenvalue weighted by Gasteiger charge is -2.34. The van der Waals surface area contributed by atoms with Crippen molar-refractivity contribution in [3.63, 3.8) is 0 Å². The van der Waals surface area contributed by atoms with Crippen molar-refractivity contribution in [3.8, 4) is 5.75 Å². The molecule has 0 saturated carbocycles. The molecular formula is C22H25FN4O5. The second-order valence-electron chi connectivity index (χ2n) is 7.44. The lowest BCUT2D eigenvalue weighted by Crippen LogP contribution is -2.48. The van der Waals surface area contributed by atoms with Crippen LogP contribution in [0.25, 0.3) is 0 Å². The number of halogens is 1. The average molecular weight is 444 g/mol. The number of hydrogen-bond acceptors (Lipinski definition) is 6. The van der Waals surface area contributed by atoms with Crippen molar-refractivity contribution in [2.24, 2.45) is 0 Å². The molecule has 1 aliphatic heterocycles. The van der Waals surface area contributed by atoms with Crippen LogP contribution in [-0.2, 0) is 11.3 Å². The molecule has 1 aliphatic rings. The van der Waals surface area contributed by atoms with Crippen LogP contribution in [0.2, 0.25) is 0 Å². The predicted molar refractivity (Wildman–Crippen MR) is 115 cm³/mol. The maximum atomic E-state index is 13.9. The third-order valence-electron chi connectivity index (χ3n) is 5.31. The Labute approximate surface area is 184 Å². The minimum absolute atomic E-state index is 0.0517. The Morgan fingerprint density at radius 2 is 1.81 bits per heavy atom. The van der Waals surface area contributed by atoms with Crippen molar-refractivity contribution in [2.75, 3.05) is 39.8 Å². The van der Waals surface area contributed by atoms with Crippen LogP contribution in [0, 0.1) is 15.9 Å². The largest absolute Gasteiger partial charge is 0.494 e. The molecule has 0 atom stereocenters. The lowest BCUT2D eigenvalue weighted by molar-refractivity contribution is -0.384. The van der Waals surface area contributed by atoms with Gasteiger partial charge in [-0.05, 0) is 29.8 Å². The zero-order valence-corrected chi connectivity index (χ0v) is 17.8. The summed E-state index contributed by atoms with van der Waals surface area (Å²) in [7, 11) is 1.43. The van der Waals surface area contributed by atoms with Gasteiger partial charge < -0.3 is 15.0 Å². The second-order valence-corrected chi connectivity index (χ2v) is 7.44. The first-order valence-corrected chi connectivity index (χ1v) is 10.2. The van der Waals surface area contributed by atoms with Gasteiger partial charge in [0.15, 0.2) is 11.6 Å². The molecule has 170 valence electrons. The SMILES string of the molecule is COc1ccc(CN2CCN(C(=O)CCNC(=O)c3ccc([N+](=O)[O-])cc3)CC2)cc1F. The molecule has 1 heterocycles. The van der Waals surface area contributed by atoms with Crippen molar-refractivity contribution in [1.29, 1.82) is 0 Å². The molecule has 0 aliphatic carbocycles. The molecule has 2 aromatic rings. The average Bonchev–Trinajstić information content (AvgIpc) is 2.79. The number of nitrogens with zero attached hydrogens (tertiary/aromatic N) is 3. The molecular weight excluding hydrogens is 419 g/mol. The Morgan fingerprint density at radius 3 is 2.41 bits per heavy atom. The van der Waals surface area contributed by atoms with E-state index in [1.165, 1.54) is 37.4 Å². The van der Waals surface area contributed by atoms with Crippen LogP contribution in [0.15, 0.2) is 42.5 Å². The summed E-state index contributed by atoms with van der Waals surface area (Å²) in [5, 5.41) is 13.3. The highest BCUT2D eigenvalue weighted by molar-refractivity contribution is 5.94.